The van der Waals surface area contributed by atoms with Crippen molar-refractivity contribution >= 4 is 5.97 Å². The van der Waals surface area contributed by atoms with Crippen LogP contribution >= 0.6 is 0 Å². The maximum absolute atomic E-state index is 10.6. The second kappa shape index (κ2) is 4.81. The van der Waals surface area contributed by atoms with E-state index in [0.717, 1.165) is 25.0 Å². The Hall–Kier alpha value is -1.29. The lowest BCUT2D eigenvalue weighted by Crippen LogP contribution is -2.20. The van der Waals surface area contributed by atoms with Crippen molar-refractivity contribution < 1.29 is 9.90 Å². The minimum absolute atomic E-state index is 0.573. The summed E-state index contributed by atoms with van der Waals surface area (Å²) in [6.45, 7) is 2.12. The van der Waals surface area contributed by atoms with E-state index in [2.05, 4.69) is 11.9 Å². The van der Waals surface area contributed by atoms with E-state index in [4.69, 9.17) is 10.8 Å². The summed E-state index contributed by atoms with van der Waals surface area (Å²) in [6.07, 6.45) is 3.17. The van der Waals surface area contributed by atoms with Gasteiger partial charge in [-0.3, -0.25) is 4.79 Å². The van der Waals surface area contributed by atoms with Gasteiger partial charge in [0.25, 0.3) is 0 Å². The van der Waals surface area contributed by atoms with Gasteiger partial charge in [0.15, 0.2) is 0 Å². The van der Waals surface area contributed by atoms with Crippen LogP contribution in [0, 0.1) is 0 Å². The maximum atomic E-state index is 10.6. The van der Waals surface area contributed by atoms with Crippen LogP contribution in [0.3, 0.4) is 0 Å². The summed E-state index contributed by atoms with van der Waals surface area (Å²) >= 11 is 0. The summed E-state index contributed by atoms with van der Waals surface area (Å²) < 4.78 is 0. The first-order valence-electron chi connectivity index (χ1n) is 4.81. The van der Waals surface area contributed by atoms with Crippen molar-refractivity contribution in [2.24, 2.45) is 5.73 Å². The van der Waals surface area contributed by atoms with E-state index in [-0.39, 0.29) is 0 Å². The fourth-order valence-electron chi connectivity index (χ4n) is 1.29. The molecule has 0 saturated carbocycles. The van der Waals surface area contributed by atoms with Crippen LogP contribution in [0.15, 0.2) is 12.1 Å². The zero-order valence-electron chi connectivity index (χ0n) is 8.29. The topological polar surface area (TPSA) is 79.1 Å². The first-order chi connectivity index (χ1) is 6.65. The molecule has 0 radical (unpaired) electrons. The number of hydrogen-bond acceptors (Lipinski definition) is 2. The molecule has 0 aliphatic heterocycles. The van der Waals surface area contributed by atoms with Crippen LogP contribution in [-0.4, -0.2) is 16.1 Å². The number of aryl methyl sites for hydroxylation is 1. The van der Waals surface area contributed by atoms with Gasteiger partial charge in [0.05, 0.1) is 0 Å². The van der Waals surface area contributed by atoms with Gasteiger partial charge in [-0.1, -0.05) is 13.3 Å². The van der Waals surface area contributed by atoms with Crippen molar-refractivity contribution in [1.82, 2.24) is 4.98 Å². The van der Waals surface area contributed by atoms with E-state index in [9.17, 15) is 4.79 Å². The molecule has 0 aliphatic rings. The number of aromatic nitrogens is 1. The quantitative estimate of drug-likeness (QED) is 0.666. The largest absolute Gasteiger partial charge is 0.480 e. The molecule has 1 rings (SSSR count). The number of aliphatic carboxylic acids is 1. The summed E-state index contributed by atoms with van der Waals surface area (Å²) in [4.78, 5) is 13.6. The smallest absolute Gasteiger partial charge is 0.326 e. The van der Waals surface area contributed by atoms with Crippen molar-refractivity contribution in [3.05, 3.63) is 23.5 Å². The number of unbranched alkanes of at least 4 members (excludes halogenated alkanes) is 1. The number of rotatable bonds is 5. The van der Waals surface area contributed by atoms with Crippen molar-refractivity contribution in [3.63, 3.8) is 0 Å². The number of hydrogen-bond donors (Lipinski definition) is 3. The Morgan fingerprint density at radius 2 is 2.36 bits per heavy atom. The second-order valence-corrected chi connectivity index (χ2v) is 3.36. The van der Waals surface area contributed by atoms with Gasteiger partial charge in [-0.2, -0.15) is 0 Å². The summed E-state index contributed by atoms with van der Waals surface area (Å²) in [5, 5.41) is 8.68. The normalized spacial score (nSPS) is 12.7. The van der Waals surface area contributed by atoms with E-state index in [1.807, 2.05) is 6.07 Å². The van der Waals surface area contributed by atoms with E-state index in [1.165, 1.54) is 0 Å². The highest BCUT2D eigenvalue weighted by molar-refractivity contribution is 5.74. The number of nitrogens with two attached hydrogens (primary N) is 1. The molecule has 1 atom stereocenters. The molecule has 0 amide bonds. The zero-order chi connectivity index (χ0) is 10.6. The SMILES string of the molecule is CCCCc1ccc(C(N)C(=O)O)[nH]1. The van der Waals surface area contributed by atoms with Crippen LogP contribution in [0.4, 0.5) is 0 Å². The van der Waals surface area contributed by atoms with Gasteiger partial charge in [-0.25, -0.2) is 0 Å². The Labute approximate surface area is 83.1 Å². The number of aromatic amines is 1. The van der Waals surface area contributed by atoms with Gasteiger partial charge in [0.1, 0.15) is 6.04 Å². The number of nitrogens with one attached hydrogen (secondary N) is 1. The van der Waals surface area contributed by atoms with Gasteiger partial charge in [-0.15, -0.1) is 0 Å². The van der Waals surface area contributed by atoms with Crippen LogP contribution in [0.5, 0.6) is 0 Å². The Kier molecular flexibility index (Phi) is 3.71. The monoisotopic (exact) mass is 196 g/mol. The van der Waals surface area contributed by atoms with Crippen LogP contribution in [0.25, 0.3) is 0 Å². The first kappa shape index (κ1) is 10.8. The number of carboxylic acids is 1. The Morgan fingerprint density at radius 1 is 1.64 bits per heavy atom. The van der Waals surface area contributed by atoms with Crippen LogP contribution in [-0.2, 0) is 11.2 Å². The third-order valence-corrected chi connectivity index (χ3v) is 2.17. The molecule has 4 heteroatoms. The molecule has 1 aromatic rings. The summed E-state index contributed by atoms with van der Waals surface area (Å²) in [7, 11) is 0. The predicted octanol–water partition coefficient (Wildman–Crippen LogP) is 1.44. The fourth-order valence-corrected chi connectivity index (χ4v) is 1.29. The molecular formula is C10H16N2O2. The fraction of sp³-hybridized carbons (Fsp3) is 0.500. The summed E-state index contributed by atoms with van der Waals surface area (Å²) in [6, 6.07) is 2.70. The number of carboxylic acid groups (broad SMARTS) is 1. The molecule has 0 aliphatic carbocycles. The molecule has 1 unspecified atom stereocenters. The van der Waals surface area contributed by atoms with Crippen molar-refractivity contribution in [2.75, 3.05) is 0 Å². The van der Waals surface area contributed by atoms with Gasteiger partial charge < -0.3 is 15.8 Å². The van der Waals surface area contributed by atoms with Crippen LogP contribution in [0.1, 0.15) is 37.2 Å². The van der Waals surface area contributed by atoms with Crippen LogP contribution < -0.4 is 5.73 Å². The molecular weight excluding hydrogens is 180 g/mol. The highest BCUT2D eigenvalue weighted by Crippen LogP contribution is 2.11. The average molecular weight is 196 g/mol. The summed E-state index contributed by atoms with van der Waals surface area (Å²) in [5.41, 5.74) is 7.08. The van der Waals surface area contributed by atoms with Gasteiger partial charge >= 0.3 is 5.97 Å². The third-order valence-electron chi connectivity index (χ3n) is 2.17. The Bertz CT molecular complexity index is 307. The van der Waals surface area contributed by atoms with Gasteiger partial charge in [0.2, 0.25) is 0 Å². The number of carbonyl (C=O) groups is 1. The molecule has 0 aromatic carbocycles. The molecule has 4 nitrogen and oxygen atoms in total. The van der Waals surface area contributed by atoms with E-state index in [1.54, 1.807) is 6.07 Å². The predicted molar refractivity (Wildman–Crippen MR) is 54.0 cm³/mol. The van der Waals surface area contributed by atoms with E-state index < -0.39 is 12.0 Å². The molecule has 78 valence electrons. The van der Waals surface area contributed by atoms with E-state index in [0.29, 0.717) is 5.69 Å². The molecule has 0 spiro atoms. The lowest BCUT2D eigenvalue weighted by atomic mass is 10.2. The van der Waals surface area contributed by atoms with Crippen LogP contribution in [0.2, 0.25) is 0 Å². The Morgan fingerprint density at radius 3 is 2.93 bits per heavy atom. The molecule has 1 aromatic heterocycles. The molecule has 4 N–H and O–H groups in total. The highest BCUT2D eigenvalue weighted by Gasteiger charge is 2.15. The standard InChI is InChI=1S/C10H16N2O2/c1-2-3-4-7-5-6-8(12-7)9(11)10(13)14/h5-6,9,12H,2-4,11H2,1H3,(H,13,14). The van der Waals surface area contributed by atoms with Gasteiger partial charge in [-0.05, 0) is 25.0 Å². The second-order valence-electron chi connectivity index (χ2n) is 3.36. The lowest BCUT2D eigenvalue weighted by Gasteiger charge is -2.02. The minimum Gasteiger partial charge on any atom is -0.480 e. The minimum atomic E-state index is -1.01. The average Bonchev–Trinajstić information content (AvgIpc) is 2.61. The van der Waals surface area contributed by atoms with Crippen molar-refractivity contribution in [2.45, 2.75) is 32.2 Å². The van der Waals surface area contributed by atoms with E-state index >= 15 is 0 Å². The third kappa shape index (κ3) is 2.60. The molecule has 0 bridgehead atoms. The first-order valence-corrected chi connectivity index (χ1v) is 4.81. The van der Waals surface area contributed by atoms with Gasteiger partial charge in [0, 0.05) is 11.4 Å². The molecule has 0 fully saturated rings. The molecule has 14 heavy (non-hydrogen) atoms. The lowest BCUT2D eigenvalue weighted by molar-refractivity contribution is -0.138. The molecule has 1 heterocycles. The summed E-state index contributed by atoms with van der Waals surface area (Å²) in [5.74, 6) is -1.01. The maximum Gasteiger partial charge on any atom is 0.326 e. The van der Waals surface area contributed by atoms with Crippen molar-refractivity contribution in [3.8, 4) is 0 Å². The van der Waals surface area contributed by atoms with Crippen molar-refractivity contribution in [1.29, 1.82) is 0 Å². The Balaban J connectivity index is 2.63. The highest BCUT2D eigenvalue weighted by atomic mass is 16.4. The zero-order valence-corrected chi connectivity index (χ0v) is 8.29. The molecule has 0 saturated heterocycles. The number of H-pyrrole nitrogens is 1.